The molecule has 140 valence electrons. The van der Waals surface area contributed by atoms with Crippen molar-refractivity contribution < 1.29 is 26.7 Å². The molecule has 0 bridgehead atoms. The Morgan fingerprint density at radius 2 is 1.67 bits per heavy atom. The number of ether oxygens (including phenoxy) is 1. The van der Waals surface area contributed by atoms with Crippen LogP contribution < -0.4 is 4.74 Å². The predicted octanol–water partition coefficient (Wildman–Crippen LogP) is 4.33. The summed E-state index contributed by atoms with van der Waals surface area (Å²) < 4.78 is 66.7. The summed E-state index contributed by atoms with van der Waals surface area (Å²) >= 11 is -2.61. The molecule has 0 radical (unpaired) electrons. The van der Waals surface area contributed by atoms with Gasteiger partial charge in [0.2, 0.25) is 0 Å². The third kappa shape index (κ3) is 5.11. The molecule has 1 heterocycles. The second-order valence-corrected chi connectivity index (χ2v) is 6.34. The van der Waals surface area contributed by atoms with Gasteiger partial charge in [0.1, 0.15) is 23.0 Å². The Balaban J connectivity index is 1.99. The van der Waals surface area contributed by atoms with Crippen molar-refractivity contribution in [2.75, 3.05) is 0 Å². The van der Waals surface area contributed by atoms with Crippen molar-refractivity contribution in [1.29, 1.82) is 0 Å². The molecule has 0 N–H and O–H groups in total. The van der Waals surface area contributed by atoms with Crippen LogP contribution in [0.2, 0.25) is 0 Å². The Labute approximate surface area is 155 Å². The Morgan fingerprint density at radius 3 is 2.33 bits per heavy atom. The van der Waals surface area contributed by atoms with Crippen molar-refractivity contribution in [2.24, 2.45) is 0 Å². The number of alkyl halides is 3. The van der Waals surface area contributed by atoms with Crippen LogP contribution in [0.4, 0.5) is 13.2 Å². The first-order chi connectivity index (χ1) is 12.8. The average Bonchev–Trinajstić information content (AvgIpc) is 2.61. The molecule has 3 rings (SSSR count). The van der Waals surface area contributed by atoms with Crippen molar-refractivity contribution in [1.82, 2.24) is 9.97 Å². The van der Waals surface area contributed by atoms with E-state index in [0.717, 1.165) is 6.07 Å². The first kappa shape index (κ1) is 19.0. The van der Waals surface area contributed by atoms with E-state index < -0.39 is 34.5 Å². The quantitative estimate of drug-likeness (QED) is 0.603. The number of para-hydroxylation sites is 1. The molecule has 0 saturated heterocycles. The molecule has 3 aromatic rings. The molecule has 2 aromatic carbocycles. The van der Waals surface area contributed by atoms with E-state index in [-0.39, 0.29) is 5.69 Å². The highest BCUT2D eigenvalue weighted by Crippen LogP contribution is 2.32. The number of hydrogen-bond acceptors (Lipinski definition) is 5. The van der Waals surface area contributed by atoms with Gasteiger partial charge in [0.15, 0.2) is 0 Å². The molecule has 0 aliphatic heterocycles. The van der Waals surface area contributed by atoms with Crippen LogP contribution in [0, 0.1) is 0 Å². The fourth-order valence-corrected chi connectivity index (χ4v) is 2.64. The van der Waals surface area contributed by atoms with E-state index in [0.29, 0.717) is 17.1 Å². The van der Waals surface area contributed by atoms with Gasteiger partial charge in [-0.3, -0.25) is 4.21 Å². The van der Waals surface area contributed by atoms with Crippen LogP contribution >= 0.6 is 0 Å². The summed E-state index contributed by atoms with van der Waals surface area (Å²) in [4.78, 5) is 7.25. The fourth-order valence-electron chi connectivity index (χ4n) is 2.30. The third-order valence-corrected chi connectivity index (χ3v) is 3.91. The van der Waals surface area contributed by atoms with Crippen molar-refractivity contribution in [2.45, 2.75) is 11.9 Å². The Kier molecular flexibility index (Phi) is 5.52. The molecule has 1 aromatic heterocycles. The van der Waals surface area contributed by atoms with E-state index in [2.05, 4.69) is 9.97 Å². The van der Waals surface area contributed by atoms with Crippen LogP contribution in [0.15, 0.2) is 60.7 Å². The van der Waals surface area contributed by atoms with Crippen LogP contribution in [0.25, 0.3) is 11.3 Å². The lowest BCUT2D eigenvalue weighted by molar-refractivity contribution is -0.141. The molecule has 27 heavy (non-hydrogen) atoms. The molecule has 0 amide bonds. The first-order valence-corrected chi connectivity index (χ1v) is 8.90. The predicted molar refractivity (Wildman–Crippen MR) is 91.6 cm³/mol. The SMILES string of the molecule is O=S([O-])Cc1nc(-c2cccc(Oc3ccccc3)c2)cc(C(F)(F)F)n1. The number of aromatic nitrogens is 2. The summed E-state index contributed by atoms with van der Waals surface area (Å²) in [6.45, 7) is 0. The van der Waals surface area contributed by atoms with E-state index in [1.54, 1.807) is 42.5 Å². The second kappa shape index (κ2) is 7.85. The van der Waals surface area contributed by atoms with Gasteiger partial charge < -0.3 is 9.29 Å². The zero-order valence-corrected chi connectivity index (χ0v) is 14.5. The van der Waals surface area contributed by atoms with Gasteiger partial charge in [0.05, 0.1) is 11.4 Å². The monoisotopic (exact) mass is 393 g/mol. The average molecular weight is 393 g/mol. The Bertz CT molecular complexity index is 966. The van der Waals surface area contributed by atoms with Gasteiger partial charge in [-0.15, -0.1) is 0 Å². The first-order valence-electron chi connectivity index (χ1n) is 7.65. The number of rotatable bonds is 5. The highest BCUT2D eigenvalue weighted by Gasteiger charge is 2.33. The van der Waals surface area contributed by atoms with Crippen molar-refractivity contribution in [3.8, 4) is 22.8 Å². The number of nitrogens with zero attached hydrogens (tertiary/aromatic N) is 2. The van der Waals surface area contributed by atoms with E-state index in [9.17, 15) is 21.9 Å². The van der Waals surface area contributed by atoms with Crippen LogP contribution in [0.3, 0.4) is 0 Å². The zero-order chi connectivity index (χ0) is 19.4. The van der Waals surface area contributed by atoms with E-state index in [4.69, 9.17) is 4.74 Å². The largest absolute Gasteiger partial charge is 0.772 e. The smallest absolute Gasteiger partial charge is 0.433 e. The summed E-state index contributed by atoms with van der Waals surface area (Å²) in [5.41, 5.74) is -0.909. The van der Waals surface area contributed by atoms with Gasteiger partial charge in [-0.2, -0.15) is 13.2 Å². The summed E-state index contributed by atoms with van der Waals surface area (Å²) in [5, 5.41) is 0. The topological polar surface area (TPSA) is 75.1 Å². The van der Waals surface area contributed by atoms with Crippen molar-refractivity contribution in [3.05, 3.63) is 72.2 Å². The Hall–Kier alpha value is -2.78. The third-order valence-electron chi connectivity index (χ3n) is 3.42. The lowest BCUT2D eigenvalue weighted by Gasteiger charge is -2.12. The highest BCUT2D eigenvalue weighted by atomic mass is 32.2. The van der Waals surface area contributed by atoms with Crippen LogP contribution in [-0.2, 0) is 23.0 Å². The van der Waals surface area contributed by atoms with Gasteiger partial charge >= 0.3 is 6.18 Å². The number of halogens is 3. The van der Waals surface area contributed by atoms with E-state index >= 15 is 0 Å². The maximum atomic E-state index is 13.1. The molecule has 1 unspecified atom stereocenters. The van der Waals surface area contributed by atoms with Crippen LogP contribution in [-0.4, -0.2) is 18.7 Å². The maximum Gasteiger partial charge on any atom is 0.433 e. The van der Waals surface area contributed by atoms with E-state index in [1.807, 2.05) is 6.07 Å². The molecule has 5 nitrogen and oxygen atoms in total. The van der Waals surface area contributed by atoms with Crippen LogP contribution in [0.5, 0.6) is 11.5 Å². The molecule has 0 aliphatic rings. The minimum atomic E-state index is -4.73. The Morgan fingerprint density at radius 1 is 0.963 bits per heavy atom. The zero-order valence-electron chi connectivity index (χ0n) is 13.6. The lowest BCUT2D eigenvalue weighted by atomic mass is 10.1. The summed E-state index contributed by atoms with van der Waals surface area (Å²) in [6.07, 6.45) is -4.73. The summed E-state index contributed by atoms with van der Waals surface area (Å²) in [5.74, 6) is -0.171. The van der Waals surface area contributed by atoms with Gasteiger partial charge in [-0.25, -0.2) is 9.97 Å². The summed E-state index contributed by atoms with van der Waals surface area (Å²) in [7, 11) is 0. The molecule has 0 fully saturated rings. The molecule has 1 atom stereocenters. The number of hydrogen-bond donors (Lipinski definition) is 0. The van der Waals surface area contributed by atoms with E-state index in [1.165, 1.54) is 6.07 Å². The fraction of sp³-hybridized carbons (Fsp3) is 0.111. The molecular formula is C18H12F3N2O3S-. The minimum Gasteiger partial charge on any atom is -0.772 e. The highest BCUT2D eigenvalue weighted by molar-refractivity contribution is 7.78. The van der Waals surface area contributed by atoms with Gasteiger partial charge in [-0.05, 0) is 41.4 Å². The molecular weight excluding hydrogens is 381 g/mol. The minimum absolute atomic E-state index is 0.0451. The molecule has 0 saturated carbocycles. The molecule has 9 heteroatoms. The van der Waals surface area contributed by atoms with Crippen molar-refractivity contribution in [3.63, 3.8) is 0 Å². The van der Waals surface area contributed by atoms with Gasteiger partial charge in [-0.1, -0.05) is 30.3 Å². The molecule has 0 spiro atoms. The maximum absolute atomic E-state index is 13.1. The normalized spacial score (nSPS) is 12.6. The molecule has 0 aliphatic carbocycles. The summed E-state index contributed by atoms with van der Waals surface area (Å²) in [6, 6.07) is 16.0. The lowest BCUT2D eigenvalue weighted by Crippen LogP contribution is -2.12. The van der Waals surface area contributed by atoms with Crippen molar-refractivity contribution >= 4 is 11.1 Å². The van der Waals surface area contributed by atoms with Gasteiger partial charge in [0, 0.05) is 5.56 Å². The van der Waals surface area contributed by atoms with Crippen LogP contribution in [0.1, 0.15) is 11.5 Å². The standard InChI is InChI=1S/C18H13F3N2O3S/c19-18(20,21)16-10-15(22-17(23-16)11-27(24)25)12-5-4-8-14(9-12)26-13-6-2-1-3-7-13/h1-10H,11H2,(H,24,25)/p-1. The second-order valence-electron chi connectivity index (χ2n) is 5.44. The number of benzene rings is 2. The van der Waals surface area contributed by atoms with Gasteiger partial charge in [0.25, 0.3) is 0 Å².